The lowest BCUT2D eigenvalue weighted by Gasteiger charge is -2.13. The number of thiophene rings is 1. The molecule has 2 amide bonds. The Bertz CT molecular complexity index is 1270. The molecule has 0 saturated heterocycles. The molecule has 0 atom stereocenters. The number of amides is 2. The van der Waals surface area contributed by atoms with E-state index in [1.807, 2.05) is 32.9 Å². The summed E-state index contributed by atoms with van der Waals surface area (Å²) in [5, 5.41) is 6.10. The average Bonchev–Trinajstić information content (AvgIpc) is 2.90. The third-order valence-corrected chi connectivity index (χ3v) is 7.15. The second-order valence-corrected chi connectivity index (χ2v) is 9.54. The number of aryl methyl sites for hydroxylation is 5. The van der Waals surface area contributed by atoms with Gasteiger partial charge in [-0.3, -0.25) is 19.0 Å². The monoisotopic (exact) mass is 452 g/mol. The maximum atomic E-state index is 13.1. The van der Waals surface area contributed by atoms with Gasteiger partial charge in [0.05, 0.1) is 16.8 Å². The van der Waals surface area contributed by atoms with Gasteiger partial charge in [0.15, 0.2) is 0 Å². The Morgan fingerprint density at radius 2 is 1.81 bits per heavy atom. The smallest absolute Gasteiger partial charge is 0.262 e. The van der Waals surface area contributed by atoms with Crippen molar-refractivity contribution in [2.45, 2.75) is 59.9 Å². The zero-order valence-corrected chi connectivity index (χ0v) is 19.7. The molecule has 0 unspecified atom stereocenters. The highest BCUT2D eigenvalue weighted by molar-refractivity contribution is 7.20. The van der Waals surface area contributed by atoms with Crippen LogP contribution in [0, 0.1) is 27.7 Å². The maximum absolute atomic E-state index is 13.1. The average molecular weight is 453 g/mol. The van der Waals surface area contributed by atoms with Crippen LogP contribution in [0.25, 0.3) is 10.2 Å². The van der Waals surface area contributed by atoms with E-state index >= 15 is 0 Å². The number of benzene rings is 1. The summed E-state index contributed by atoms with van der Waals surface area (Å²) in [6, 6.07) is 4.02. The quantitative estimate of drug-likeness (QED) is 0.630. The van der Waals surface area contributed by atoms with Crippen molar-refractivity contribution in [2.75, 3.05) is 11.9 Å². The molecule has 4 rings (SSSR count). The standard InChI is InChI=1S/C24H28N4O3S/c1-13-10-14(2)20(15(3)11-13)27-18(29)12-25-22(30)21-16(4)19-23(32-21)26-17-8-6-5-7-9-28(17)24(19)31/h10-11H,5-9,12H2,1-4H3,(H,25,30)(H,27,29). The first-order chi connectivity index (χ1) is 15.3. The molecule has 2 aromatic heterocycles. The summed E-state index contributed by atoms with van der Waals surface area (Å²) >= 11 is 1.22. The largest absolute Gasteiger partial charge is 0.342 e. The van der Waals surface area contributed by atoms with E-state index in [-0.39, 0.29) is 23.9 Å². The third-order valence-electron chi connectivity index (χ3n) is 5.97. The van der Waals surface area contributed by atoms with Crippen molar-refractivity contribution in [3.05, 3.63) is 55.4 Å². The first kappa shape index (κ1) is 22.2. The number of aromatic nitrogens is 2. The highest BCUT2D eigenvalue weighted by Gasteiger charge is 2.22. The zero-order chi connectivity index (χ0) is 23.0. The number of anilines is 1. The van der Waals surface area contributed by atoms with Crippen LogP contribution in [-0.4, -0.2) is 27.9 Å². The lowest BCUT2D eigenvalue weighted by molar-refractivity contribution is -0.115. The summed E-state index contributed by atoms with van der Waals surface area (Å²) in [5.41, 5.74) is 4.43. The molecule has 3 aromatic rings. The van der Waals surface area contributed by atoms with E-state index < -0.39 is 0 Å². The third kappa shape index (κ3) is 4.19. The van der Waals surface area contributed by atoms with Gasteiger partial charge < -0.3 is 10.6 Å². The van der Waals surface area contributed by atoms with Gasteiger partial charge in [-0.2, -0.15) is 0 Å². The van der Waals surface area contributed by atoms with Crippen molar-refractivity contribution in [1.82, 2.24) is 14.9 Å². The minimum Gasteiger partial charge on any atom is -0.342 e. The minimum absolute atomic E-state index is 0.0669. The van der Waals surface area contributed by atoms with E-state index in [2.05, 4.69) is 10.6 Å². The molecule has 0 spiro atoms. The number of nitrogens with zero attached hydrogens (tertiary/aromatic N) is 2. The number of fused-ring (bicyclic) bond motifs is 2. The topological polar surface area (TPSA) is 93.1 Å². The molecule has 8 heteroatoms. The molecule has 2 N–H and O–H groups in total. The Balaban J connectivity index is 1.52. The molecule has 1 aliphatic heterocycles. The van der Waals surface area contributed by atoms with Crippen molar-refractivity contribution in [3.8, 4) is 0 Å². The van der Waals surface area contributed by atoms with Crippen LogP contribution < -0.4 is 16.2 Å². The lowest BCUT2D eigenvalue weighted by Crippen LogP contribution is -2.33. The fourth-order valence-corrected chi connectivity index (χ4v) is 5.53. The van der Waals surface area contributed by atoms with Gasteiger partial charge in [0.2, 0.25) is 5.91 Å². The summed E-state index contributed by atoms with van der Waals surface area (Å²) in [6.45, 7) is 8.20. The first-order valence-corrected chi connectivity index (χ1v) is 11.8. The maximum Gasteiger partial charge on any atom is 0.262 e. The molecule has 0 saturated carbocycles. The summed E-state index contributed by atoms with van der Waals surface area (Å²) in [6.07, 6.45) is 3.85. The van der Waals surface area contributed by atoms with Gasteiger partial charge >= 0.3 is 0 Å². The van der Waals surface area contributed by atoms with Crippen LogP contribution in [0.15, 0.2) is 16.9 Å². The van der Waals surface area contributed by atoms with E-state index in [0.717, 1.165) is 53.9 Å². The highest BCUT2D eigenvalue weighted by Crippen LogP contribution is 2.28. The van der Waals surface area contributed by atoms with E-state index in [1.54, 1.807) is 11.5 Å². The number of hydrogen-bond acceptors (Lipinski definition) is 5. The Morgan fingerprint density at radius 1 is 1.09 bits per heavy atom. The van der Waals surface area contributed by atoms with Gasteiger partial charge in [0.1, 0.15) is 10.7 Å². The molecule has 3 heterocycles. The fourth-order valence-electron chi connectivity index (χ4n) is 4.43. The first-order valence-electron chi connectivity index (χ1n) is 10.9. The van der Waals surface area contributed by atoms with Gasteiger partial charge in [-0.15, -0.1) is 11.3 Å². The Labute approximate surface area is 190 Å². The number of carbonyl (C=O) groups is 2. The SMILES string of the molecule is Cc1cc(C)c(NC(=O)CNC(=O)c2sc3nc4n(c(=O)c3c2C)CCCCC4)c(C)c1. The fraction of sp³-hybridized carbons (Fsp3) is 0.417. The van der Waals surface area contributed by atoms with Gasteiger partial charge in [-0.25, -0.2) is 4.98 Å². The van der Waals surface area contributed by atoms with Crippen LogP contribution in [0.4, 0.5) is 5.69 Å². The molecule has 0 bridgehead atoms. The second-order valence-electron chi connectivity index (χ2n) is 8.54. The van der Waals surface area contributed by atoms with E-state index in [1.165, 1.54) is 11.3 Å². The molecule has 0 radical (unpaired) electrons. The summed E-state index contributed by atoms with van der Waals surface area (Å²) < 4.78 is 1.76. The number of rotatable bonds is 4. The molecule has 7 nitrogen and oxygen atoms in total. The van der Waals surface area contributed by atoms with Gasteiger partial charge in [0.25, 0.3) is 11.5 Å². The van der Waals surface area contributed by atoms with Crippen LogP contribution in [0.3, 0.4) is 0 Å². The van der Waals surface area contributed by atoms with E-state index in [4.69, 9.17) is 4.98 Å². The minimum atomic E-state index is -0.363. The van der Waals surface area contributed by atoms with Crippen molar-refractivity contribution >= 4 is 39.1 Å². The molecular formula is C24H28N4O3S. The highest BCUT2D eigenvalue weighted by atomic mass is 32.1. The second kappa shape index (κ2) is 8.86. The van der Waals surface area contributed by atoms with Crippen LogP contribution in [0.5, 0.6) is 0 Å². The van der Waals surface area contributed by atoms with Crippen molar-refractivity contribution in [1.29, 1.82) is 0 Å². The van der Waals surface area contributed by atoms with E-state index in [9.17, 15) is 14.4 Å². The van der Waals surface area contributed by atoms with E-state index in [0.29, 0.717) is 27.2 Å². The van der Waals surface area contributed by atoms with Crippen LogP contribution in [-0.2, 0) is 17.8 Å². The Morgan fingerprint density at radius 3 is 2.53 bits per heavy atom. The summed E-state index contributed by atoms with van der Waals surface area (Å²) in [5.74, 6) is 0.145. The normalized spacial score (nSPS) is 13.5. The lowest BCUT2D eigenvalue weighted by atomic mass is 10.1. The molecular weight excluding hydrogens is 424 g/mol. The predicted octanol–water partition coefficient (Wildman–Crippen LogP) is 3.79. The van der Waals surface area contributed by atoms with Crippen molar-refractivity contribution < 1.29 is 9.59 Å². The van der Waals surface area contributed by atoms with Crippen molar-refractivity contribution in [2.24, 2.45) is 0 Å². The van der Waals surface area contributed by atoms with Crippen LogP contribution in [0.2, 0.25) is 0 Å². The van der Waals surface area contributed by atoms with Crippen LogP contribution >= 0.6 is 11.3 Å². The number of hydrogen-bond donors (Lipinski definition) is 2. The predicted molar refractivity (Wildman–Crippen MR) is 128 cm³/mol. The number of nitrogens with one attached hydrogen (secondary N) is 2. The Hall–Kier alpha value is -3.00. The molecule has 168 valence electrons. The number of carbonyl (C=O) groups excluding carboxylic acids is 2. The Kier molecular flexibility index (Phi) is 6.15. The van der Waals surface area contributed by atoms with Gasteiger partial charge in [-0.05, 0) is 57.2 Å². The molecule has 0 fully saturated rings. The zero-order valence-electron chi connectivity index (χ0n) is 18.9. The molecule has 1 aromatic carbocycles. The summed E-state index contributed by atoms with van der Waals surface area (Å²) in [7, 11) is 0. The van der Waals surface area contributed by atoms with Crippen molar-refractivity contribution in [3.63, 3.8) is 0 Å². The van der Waals surface area contributed by atoms with Gasteiger partial charge in [-0.1, -0.05) is 24.1 Å². The molecule has 1 aliphatic rings. The molecule has 0 aliphatic carbocycles. The van der Waals surface area contributed by atoms with Crippen LogP contribution in [0.1, 0.15) is 57.0 Å². The molecule has 32 heavy (non-hydrogen) atoms. The van der Waals surface area contributed by atoms with Gasteiger partial charge in [0, 0.05) is 18.7 Å². The summed E-state index contributed by atoms with van der Waals surface area (Å²) in [4.78, 5) is 44.1.